The molecule has 1 saturated heterocycles. The maximum atomic E-state index is 13.5. The van der Waals surface area contributed by atoms with E-state index >= 15 is 0 Å². The van der Waals surface area contributed by atoms with E-state index in [1.807, 2.05) is 41.5 Å². The van der Waals surface area contributed by atoms with Gasteiger partial charge in [-0.05, 0) is 77.0 Å². The van der Waals surface area contributed by atoms with Crippen molar-refractivity contribution in [2.24, 2.45) is 11.3 Å². The number of carbonyl (C=O) groups excluding carboxylic acids is 2. The first-order valence-corrected chi connectivity index (χ1v) is 10.4. The van der Waals surface area contributed by atoms with Gasteiger partial charge < -0.3 is 9.47 Å². The summed E-state index contributed by atoms with van der Waals surface area (Å²) in [5.74, 6) is 0.501. The predicted octanol–water partition coefficient (Wildman–Crippen LogP) is 5.24. The van der Waals surface area contributed by atoms with Crippen LogP contribution in [0.4, 0.5) is 0 Å². The maximum absolute atomic E-state index is 13.5. The second kappa shape index (κ2) is 8.27. The lowest BCUT2D eigenvalue weighted by Gasteiger charge is -2.19. The number of Topliss-reactive ketones (excluding diaryl/α,β-unsaturated/α-hetero) is 1. The van der Waals surface area contributed by atoms with E-state index < -0.39 is 5.41 Å². The molecule has 2 aliphatic rings. The molecule has 1 aromatic carbocycles. The number of hydrogen-bond donors (Lipinski definition) is 0. The van der Waals surface area contributed by atoms with E-state index in [-0.39, 0.29) is 11.8 Å². The fourth-order valence-electron chi connectivity index (χ4n) is 4.11. The number of allylic oxidation sites excluding steroid dienone is 3. The summed E-state index contributed by atoms with van der Waals surface area (Å²) in [6.45, 7) is 13.0. The minimum absolute atomic E-state index is 0.0109. The van der Waals surface area contributed by atoms with Gasteiger partial charge in [0.1, 0.15) is 5.76 Å². The summed E-state index contributed by atoms with van der Waals surface area (Å²) >= 11 is 0. The van der Waals surface area contributed by atoms with Gasteiger partial charge in [0, 0.05) is 25.2 Å². The summed E-state index contributed by atoms with van der Waals surface area (Å²) in [6, 6.07) is 4.15. The van der Waals surface area contributed by atoms with Gasteiger partial charge in [-0.15, -0.1) is 0 Å². The van der Waals surface area contributed by atoms with E-state index in [0.717, 1.165) is 53.9 Å². The van der Waals surface area contributed by atoms with E-state index in [0.29, 0.717) is 23.7 Å². The Morgan fingerprint density at radius 2 is 1.69 bits per heavy atom. The monoisotopic (exact) mass is 396 g/mol. The molecule has 4 heteroatoms. The quantitative estimate of drug-likeness (QED) is 0.518. The molecule has 0 unspecified atom stereocenters. The van der Waals surface area contributed by atoms with E-state index in [9.17, 15) is 9.59 Å². The Hall–Kier alpha value is -2.20. The number of esters is 1. The lowest BCUT2D eigenvalue weighted by atomic mass is 9.91. The minimum Gasteiger partial charge on any atom is -0.430 e. The molecule has 1 aromatic rings. The molecular weight excluding hydrogens is 364 g/mol. The molecule has 1 aliphatic carbocycles. The third-order valence-electron chi connectivity index (χ3n) is 5.61. The zero-order chi connectivity index (χ0) is 21.3. The van der Waals surface area contributed by atoms with Crippen molar-refractivity contribution in [3.05, 3.63) is 51.8 Å². The highest BCUT2D eigenvalue weighted by Gasteiger charge is 2.36. The van der Waals surface area contributed by atoms with Crippen LogP contribution in [0.25, 0.3) is 5.57 Å². The van der Waals surface area contributed by atoms with E-state index in [1.54, 1.807) is 0 Å². The van der Waals surface area contributed by atoms with Gasteiger partial charge in [-0.2, -0.15) is 0 Å². The van der Waals surface area contributed by atoms with Crippen molar-refractivity contribution in [3.63, 3.8) is 0 Å². The Kier molecular flexibility index (Phi) is 6.13. The average molecular weight is 397 g/mol. The second-order valence-electron chi connectivity index (χ2n) is 9.36. The van der Waals surface area contributed by atoms with Crippen LogP contribution in [0.5, 0.6) is 0 Å². The van der Waals surface area contributed by atoms with Crippen LogP contribution in [-0.4, -0.2) is 25.0 Å². The SMILES string of the molecule is Cc1cc(C)c(C2=C(OC(=O)C(C)(C)C)CC(=CC3CCOCC3)C2=O)c(C)c1. The molecular formula is C25H32O4. The second-order valence-corrected chi connectivity index (χ2v) is 9.36. The first-order valence-electron chi connectivity index (χ1n) is 10.4. The van der Waals surface area contributed by atoms with Crippen molar-refractivity contribution in [2.75, 3.05) is 13.2 Å². The molecule has 3 rings (SSSR count). The van der Waals surface area contributed by atoms with Gasteiger partial charge in [0.15, 0.2) is 5.78 Å². The summed E-state index contributed by atoms with van der Waals surface area (Å²) in [4.78, 5) is 26.1. The number of ether oxygens (including phenoxy) is 2. The maximum Gasteiger partial charge on any atom is 0.316 e. The Labute approximate surface area is 174 Å². The zero-order valence-corrected chi connectivity index (χ0v) is 18.5. The van der Waals surface area contributed by atoms with E-state index in [4.69, 9.17) is 9.47 Å². The van der Waals surface area contributed by atoms with Gasteiger partial charge in [-0.25, -0.2) is 0 Å². The summed E-state index contributed by atoms with van der Waals surface area (Å²) in [6.07, 6.45) is 4.30. The molecule has 0 aromatic heterocycles. The normalized spacial score (nSPS) is 19.9. The van der Waals surface area contributed by atoms with Crippen molar-refractivity contribution in [3.8, 4) is 0 Å². The van der Waals surface area contributed by atoms with Crippen LogP contribution in [0, 0.1) is 32.1 Å². The summed E-state index contributed by atoms with van der Waals surface area (Å²) in [5.41, 5.74) is 4.77. The third kappa shape index (κ3) is 4.69. The van der Waals surface area contributed by atoms with Gasteiger partial charge in [-0.1, -0.05) is 23.8 Å². The Bertz CT molecular complexity index is 867. The summed E-state index contributed by atoms with van der Waals surface area (Å²) in [5, 5.41) is 0. The molecule has 0 spiro atoms. The van der Waals surface area contributed by atoms with Crippen LogP contribution in [0.2, 0.25) is 0 Å². The third-order valence-corrected chi connectivity index (χ3v) is 5.61. The number of hydrogen-bond acceptors (Lipinski definition) is 4. The van der Waals surface area contributed by atoms with Crippen LogP contribution >= 0.6 is 0 Å². The van der Waals surface area contributed by atoms with Crippen LogP contribution in [0.15, 0.2) is 29.5 Å². The predicted molar refractivity (Wildman–Crippen MR) is 114 cm³/mol. The molecule has 156 valence electrons. The molecule has 29 heavy (non-hydrogen) atoms. The molecule has 0 bridgehead atoms. The van der Waals surface area contributed by atoms with E-state index in [2.05, 4.69) is 18.2 Å². The highest BCUT2D eigenvalue weighted by molar-refractivity contribution is 6.32. The largest absolute Gasteiger partial charge is 0.430 e. The zero-order valence-electron chi connectivity index (χ0n) is 18.5. The number of carbonyl (C=O) groups is 2. The van der Waals surface area contributed by atoms with Crippen molar-refractivity contribution < 1.29 is 19.1 Å². The van der Waals surface area contributed by atoms with Gasteiger partial charge in [-0.3, -0.25) is 9.59 Å². The molecule has 0 amide bonds. The Balaban J connectivity index is 2.05. The minimum atomic E-state index is -0.633. The summed E-state index contributed by atoms with van der Waals surface area (Å²) < 4.78 is 11.3. The van der Waals surface area contributed by atoms with Crippen LogP contribution in [-0.2, 0) is 19.1 Å². The van der Waals surface area contributed by atoms with Crippen molar-refractivity contribution in [1.82, 2.24) is 0 Å². The highest BCUT2D eigenvalue weighted by atomic mass is 16.5. The summed E-state index contributed by atoms with van der Waals surface area (Å²) in [7, 11) is 0. The van der Waals surface area contributed by atoms with Crippen molar-refractivity contribution in [1.29, 1.82) is 0 Å². The number of aryl methyl sites for hydroxylation is 3. The molecule has 1 aliphatic heterocycles. The number of ketones is 1. The molecule has 4 nitrogen and oxygen atoms in total. The van der Waals surface area contributed by atoms with Crippen LogP contribution < -0.4 is 0 Å². The first kappa shape index (κ1) is 21.5. The van der Waals surface area contributed by atoms with Gasteiger partial charge in [0.25, 0.3) is 0 Å². The fourth-order valence-corrected chi connectivity index (χ4v) is 4.11. The van der Waals surface area contributed by atoms with Gasteiger partial charge >= 0.3 is 5.97 Å². The fraction of sp³-hybridized carbons (Fsp3) is 0.520. The molecule has 0 radical (unpaired) electrons. The lowest BCUT2D eigenvalue weighted by Crippen LogP contribution is -2.22. The van der Waals surface area contributed by atoms with Crippen molar-refractivity contribution in [2.45, 2.75) is 60.8 Å². The molecule has 0 saturated carbocycles. The molecule has 1 fully saturated rings. The van der Waals surface area contributed by atoms with Crippen molar-refractivity contribution >= 4 is 17.3 Å². The molecule has 0 N–H and O–H groups in total. The topological polar surface area (TPSA) is 52.6 Å². The lowest BCUT2D eigenvalue weighted by molar-refractivity contribution is -0.148. The number of benzene rings is 1. The van der Waals surface area contributed by atoms with Crippen LogP contribution in [0.1, 0.15) is 62.3 Å². The Morgan fingerprint density at radius 3 is 2.24 bits per heavy atom. The van der Waals surface area contributed by atoms with Gasteiger partial charge in [0.2, 0.25) is 0 Å². The number of rotatable bonds is 3. The van der Waals surface area contributed by atoms with Crippen LogP contribution in [0.3, 0.4) is 0 Å². The van der Waals surface area contributed by atoms with E-state index in [1.165, 1.54) is 0 Å². The molecule has 1 heterocycles. The average Bonchev–Trinajstić information content (AvgIpc) is 2.90. The highest BCUT2D eigenvalue weighted by Crippen LogP contribution is 2.40. The van der Waals surface area contributed by atoms with Gasteiger partial charge in [0.05, 0.1) is 11.0 Å². The first-order chi connectivity index (χ1) is 13.6. The smallest absolute Gasteiger partial charge is 0.316 e. The Morgan fingerprint density at radius 1 is 1.10 bits per heavy atom. The standard InChI is InChI=1S/C25H32O4/c1-15-11-16(2)21(17(3)12-15)22-20(29-24(27)25(4,5)6)14-19(23(22)26)13-18-7-9-28-10-8-18/h11-13,18H,7-10,14H2,1-6H3. The molecule has 0 atom stereocenters.